The standard InChI is InChI=1S/C19H13N2O/c1-22-16-11-15-10-14(6-7-18(15)21-12-16)19-17-5-3-2-4-13(17)8-9-20-19/h2-11H,1H3. The van der Waals surface area contributed by atoms with Crippen molar-refractivity contribution < 1.29 is 4.74 Å². The first-order chi connectivity index (χ1) is 10.8. The number of benzene rings is 2. The maximum atomic E-state index is 5.20. The summed E-state index contributed by atoms with van der Waals surface area (Å²) in [6.07, 6.45) is 4.71. The Balaban J connectivity index is 1.96. The second-order valence-electron chi connectivity index (χ2n) is 5.09. The molecule has 4 aromatic rings. The summed E-state index contributed by atoms with van der Waals surface area (Å²) in [5.74, 6) is 0.635. The van der Waals surface area contributed by atoms with E-state index in [-0.39, 0.29) is 0 Å². The first-order valence-corrected chi connectivity index (χ1v) is 7.06. The largest absolute Gasteiger partial charge is 0.494 e. The highest BCUT2D eigenvalue weighted by Crippen LogP contribution is 2.29. The van der Waals surface area contributed by atoms with Crippen molar-refractivity contribution in [1.82, 2.24) is 9.97 Å². The van der Waals surface area contributed by atoms with Gasteiger partial charge in [-0.2, -0.15) is 0 Å². The second-order valence-corrected chi connectivity index (χ2v) is 5.09. The molecule has 0 atom stereocenters. The molecular weight excluding hydrogens is 272 g/mol. The fourth-order valence-corrected chi connectivity index (χ4v) is 2.66. The van der Waals surface area contributed by atoms with Crippen molar-refractivity contribution >= 4 is 21.7 Å². The van der Waals surface area contributed by atoms with Crippen molar-refractivity contribution in [3.63, 3.8) is 0 Å². The summed E-state index contributed by atoms with van der Waals surface area (Å²) in [6, 6.07) is 18.4. The molecule has 0 aliphatic heterocycles. The number of nitrogens with zero attached hydrogens (tertiary/aromatic N) is 2. The van der Waals surface area contributed by atoms with Gasteiger partial charge < -0.3 is 4.74 Å². The molecule has 2 aromatic heterocycles. The van der Waals surface area contributed by atoms with Crippen molar-refractivity contribution in [2.75, 3.05) is 7.11 Å². The van der Waals surface area contributed by atoms with Gasteiger partial charge in [0.2, 0.25) is 0 Å². The zero-order valence-electron chi connectivity index (χ0n) is 12.1. The topological polar surface area (TPSA) is 35.0 Å². The molecule has 2 heterocycles. The van der Waals surface area contributed by atoms with Gasteiger partial charge in [-0.1, -0.05) is 30.3 Å². The summed E-state index contributed by atoms with van der Waals surface area (Å²) in [6.45, 7) is 0. The molecule has 3 heteroatoms. The molecule has 0 N–H and O–H groups in total. The lowest BCUT2D eigenvalue weighted by atomic mass is 10.0. The Morgan fingerprint density at radius 1 is 0.955 bits per heavy atom. The van der Waals surface area contributed by atoms with Crippen LogP contribution in [-0.4, -0.2) is 17.1 Å². The second kappa shape index (κ2) is 5.11. The van der Waals surface area contributed by atoms with E-state index in [0.717, 1.165) is 27.5 Å². The van der Waals surface area contributed by atoms with E-state index in [1.807, 2.05) is 42.6 Å². The molecule has 22 heavy (non-hydrogen) atoms. The highest BCUT2D eigenvalue weighted by atomic mass is 16.5. The van der Waals surface area contributed by atoms with E-state index in [1.54, 1.807) is 7.11 Å². The zero-order valence-corrected chi connectivity index (χ0v) is 12.1. The van der Waals surface area contributed by atoms with Crippen LogP contribution in [0.15, 0.2) is 60.8 Å². The summed E-state index contributed by atoms with van der Waals surface area (Å²) < 4.78 is 5.20. The molecule has 0 aliphatic carbocycles. The van der Waals surface area contributed by atoms with Gasteiger partial charge in [0.1, 0.15) is 11.9 Å². The first-order valence-electron chi connectivity index (χ1n) is 7.06. The van der Waals surface area contributed by atoms with Crippen LogP contribution < -0.4 is 4.74 Å². The molecule has 0 amide bonds. The maximum absolute atomic E-state index is 5.20. The monoisotopic (exact) mass is 285 g/mol. The third kappa shape index (κ3) is 2.07. The Bertz CT molecular complexity index is 974. The maximum Gasteiger partial charge on any atom is 0.147 e. The molecule has 0 saturated carbocycles. The highest BCUT2D eigenvalue weighted by Gasteiger charge is 2.07. The number of methoxy groups -OCH3 is 1. The molecular formula is C19H13N2O. The average molecular weight is 285 g/mol. The van der Waals surface area contributed by atoms with Crippen LogP contribution in [0.3, 0.4) is 0 Å². The predicted octanol–water partition coefficient (Wildman–Crippen LogP) is 4.26. The molecule has 0 aliphatic rings. The van der Waals surface area contributed by atoms with Crippen molar-refractivity contribution in [2.24, 2.45) is 0 Å². The molecule has 4 rings (SSSR count). The van der Waals surface area contributed by atoms with Gasteiger partial charge in [-0.05, 0) is 29.7 Å². The minimum Gasteiger partial charge on any atom is -0.494 e. The Labute approximate surface area is 128 Å². The van der Waals surface area contributed by atoms with Gasteiger partial charge in [-0.15, -0.1) is 0 Å². The minimum atomic E-state index is 0.635. The molecule has 2 aromatic carbocycles. The van der Waals surface area contributed by atoms with Gasteiger partial charge in [-0.25, -0.2) is 4.98 Å². The van der Waals surface area contributed by atoms with Gasteiger partial charge in [-0.3, -0.25) is 4.98 Å². The third-order valence-corrected chi connectivity index (χ3v) is 3.77. The smallest absolute Gasteiger partial charge is 0.147 e. The molecule has 3 nitrogen and oxygen atoms in total. The molecule has 0 saturated heterocycles. The average Bonchev–Trinajstić information content (AvgIpc) is 2.60. The normalized spacial score (nSPS) is 11.0. The van der Waals surface area contributed by atoms with Crippen LogP contribution >= 0.6 is 0 Å². The number of rotatable bonds is 2. The fourth-order valence-electron chi connectivity index (χ4n) is 2.66. The lowest BCUT2D eigenvalue weighted by Crippen LogP contribution is -1.89. The number of pyridine rings is 2. The van der Waals surface area contributed by atoms with Crippen LogP contribution in [0.5, 0.6) is 5.75 Å². The molecule has 0 unspecified atom stereocenters. The Morgan fingerprint density at radius 3 is 2.77 bits per heavy atom. The first kappa shape index (κ1) is 12.8. The molecule has 0 bridgehead atoms. The third-order valence-electron chi connectivity index (χ3n) is 3.77. The van der Waals surface area contributed by atoms with Crippen LogP contribution in [0.1, 0.15) is 0 Å². The lowest BCUT2D eigenvalue weighted by molar-refractivity contribution is 0.412. The SMILES string of the molecule is COc1[c]nc2ccc(-c3nccc4ccccc34)cc2c1. The summed E-state index contributed by atoms with van der Waals surface area (Å²) in [4.78, 5) is 8.85. The molecule has 1 radical (unpaired) electrons. The van der Waals surface area contributed by atoms with Crippen molar-refractivity contribution in [3.8, 4) is 17.0 Å². The van der Waals surface area contributed by atoms with Gasteiger partial charge in [0.15, 0.2) is 0 Å². The minimum absolute atomic E-state index is 0.635. The number of fused-ring (bicyclic) bond motifs is 2. The Morgan fingerprint density at radius 2 is 1.86 bits per heavy atom. The summed E-state index contributed by atoms with van der Waals surface area (Å²) in [5.41, 5.74) is 2.94. The quantitative estimate of drug-likeness (QED) is 0.552. The Hall–Kier alpha value is -2.94. The van der Waals surface area contributed by atoms with E-state index >= 15 is 0 Å². The van der Waals surface area contributed by atoms with Gasteiger partial charge >= 0.3 is 0 Å². The number of hydrogen-bond acceptors (Lipinski definition) is 3. The van der Waals surface area contributed by atoms with Crippen LogP contribution in [0.4, 0.5) is 0 Å². The molecule has 0 fully saturated rings. The fraction of sp³-hybridized carbons (Fsp3) is 0.0526. The predicted molar refractivity (Wildman–Crippen MR) is 87.9 cm³/mol. The van der Waals surface area contributed by atoms with Crippen molar-refractivity contribution in [3.05, 3.63) is 67.0 Å². The van der Waals surface area contributed by atoms with Crippen LogP contribution in [-0.2, 0) is 0 Å². The zero-order chi connectivity index (χ0) is 14.9. The van der Waals surface area contributed by atoms with E-state index in [0.29, 0.717) is 5.75 Å². The number of ether oxygens (including phenoxy) is 1. The summed E-state index contributed by atoms with van der Waals surface area (Å²) >= 11 is 0. The van der Waals surface area contributed by atoms with Crippen LogP contribution in [0, 0.1) is 6.20 Å². The van der Waals surface area contributed by atoms with Crippen molar-refractivity contribution in [1.29, 1.82) is 0 Å². The lowest BCUT2D eigenvalue weighted by Gasteiger charge is -2.07. The van der Waals surface area contributed by atoms with Crippen LogP contribution in [0.25, 0.3) is 32.9 Å². The van der Waals surface area contributed by atoms with E-state index in [1.165, 1.54) is 5.39 Å². The van der Waals surface area contributed by atoms with Gasteiger partial charge in [0, 0.05) is 22.5 Å². The van der Waals surface area contributed by atoms with Gasteiger partial charge in [0.25, 0.3) is 0 Å². The Kier molecular flexibility index (Phi) is 2.97. The van der Waals surface area contributed by atoms with E-state index in [2.05, 4.69) is 34.4 Å². The van der Waals surface area contributed by atoms with Gasteiger partial charge in [0.05, 0.1) is 18.3 Å². The van der Waals surface area contributed by atoms with E-state index in [9.17, 15) is 0 Å². The van der Waals surface area contributed by atoms with E-state index in [4.69, 9.17) is 4.74 Å². The summed E-state index contributed by atoms with van der Waals surface area (Å²) in [7, 11) is 1.62. The molecule has 0 spiro atoms. The van der Waals surface area contributed by atoms with Crippen molar-refractivity contribution in [2.45, 2.75) is 0 Å². The van der Waals surface area contributed by atoms with E-state index < -0.39 is 0 Å². The summed E-state index contributed by atoms with van der Waals surface area (Å²) in [5, 5.41) is 3.35. The van der Waals surface area contributed by atoms with Crippen LogP contribution in [0.2, 0.25) is 0 Å². The highest BCUT2D eigenvalue weighted by molar-refractivity contribution is 5.96. The number of hydrogen-bond donors (Lipinski definition) is 0. The molecule has 105 valence electrons. The number of aromatic nitrogens is 2.